The number of nitrogens with zero attached hydrogens (tertiary/aromatic N) is 4. The standard InChI is InChI=1S/C20H24N8O2/c21-6-1-2-7-25-19(29)15-5-3-4-14(10-15)12-28-13-16(11-26-28)27-20(30)17-18(22)24-9-8-23-17/h3-5,8-11,13H,1-2,6-7,12,21H2,(H2,22,24)(H,25,29)(H,27,30). The van der Waals surface area contributed by atoms with Gasteiger partial charge in [0.15, 0.2) is 11.5 Å². The predicted octanol–water partition coefficient (Wildman–Crippen LogP) is 1.02. The molecule has 156 valence electrons. The molecule has 2 aromatic heterocycles. The van der Waals surface area contributed by atoms with Crippen molar-refractivity contribution in [2.24, 2.45) is 5.73 Å². The van der Waals surface area contributed by atoms with Gasteiger partial charge in [0.05, 0.1) is 18.4 Å². The molecule has 0 aliphatic rings. The molecule has 0 spiro atoms. The first kappa shape index (κ1) is 20.9. The van der Waals surface area contributed by atoms with Crippen LogP contribution >= 0.6 is 0 Å². The highest BCUT2D eigenvalue weighted by Crippen LogP contribution is 2.12. The summed E-state index contributed by atoms with van der Waals surface area (Å²) < 4.78 is 1.66. The van der Waals surface area contributed by atoms with Crippen molar-refractivity contribution in [1.82, 2.24) is 25.1 Å². The molecule has 30 heavy (non-hydrogen) atoms. The smallest absolute Gasteiger partial charge is 0.278 e. The maximum atomic E-state index is 12.3. The zero-order chi connectivity index (χ0) is 21.3. The highest BCUT2D eigenvalue weighted by atomic mass is 16.2. The molecule has 0 saturated carbocycles. The molecule has 2 amide bonds. The van der Waals surface area contributed by atoms with E-state index in [1.807, 2.05) is 18.2 Å². The van der Waals surface area contributed by atoms with Gasteiger partial charge in [0, 0.05) is 30.7 Å². The molecule has 10 nitrogen and oxygen atoms in total. The van der Waals surface area contributed by atoms with Crippen LogP contribution in [0.3, 0.4) is 0 Å². The minimum Gasteiger partial charge on any atom is -0.382 e. The molecule has 3 aromatic rings. The zero-order valence-corrected chi connectivity index (χ0v) is 16.4. The fourth-order valence-corrected chi connectivity index (χ4v) is 2.80. The fraction of sp³-hybridized carbons (Fsp3) is 0.250. The van der Waals surface area contributed by atoms with Crippen molar-refractivity contribution in [3.05, 3.63) is 65.9 Å². The SMILES string of the molecule is NCCCCNC(=O)c1cccc(Cn2cc(NC(=O)c3nccnc3N)cn2)c1. The van der Waals surface area contributed by atoms with Gasteiger partial charge in [0.25, 0.3) is 11.8 Å². The van der Waals surface area contributed by atoms with Gasteiger partial charge in [-0.1, -0.05) is 12.1 Å². The quantitative estimate of drug-likeness (QED) is 0.385. The maximum Gasteiger partial charge on any atom is 0.278 e. The number of aromatic nitrogens is 4. The molecule has 0 bridgehead atoms. The zero-order valence-electron chi connectivity index (χ0n) is 16.4. The van der Waals surface area contributed by atoms with E-state index in [9.17, 15) is 9.59 Å². The summed E-state index contributed by atoms with van der Waals surface area (Å²) in [5, 5.41) is 9.82. The number of nitrogens with one attached hydrogen (secondary N) is 2. The molecule has 0 fully saturated rings. The van der Waals surface area contributed by atoms with Crippen LogP contribution in [-0.2, 0) is 6.54 Å². The molecule has 10 heteroatoms. The minimum atomic E-state index is -0.464. The fourth-order valence-electron chi connectivity index (χ4n) is 2.80. The first-order valence-corrected chi connectivity index (χ1v) is 9.54. The Labute approximate surface area is 173 Å². The number of nitrogen functional groups attached to an aromatic ring is 1. The van der Waals surface area contributed by atoms with Crippen molar-refractivity contribution in [2.45, 2.75) is 19.4 Å². The molecular formula is C20H24N8O2. The Morgan fingerprint density at radius 3 is 2.73 bits per heavy atom. The van der Waals surface area contributed by atoms with E-state index in [4.69, 9.17) is 11.5 Å². The van der Waals surface area contributed by atoms with E-state index in [0.29, 0.717) is 30.9 Å². The van der Waals surface area contributed by atoms with E-state index in [1.165, 1.54) is 18.6 Å². The highest BCUT2D eigenvalue weighted by Gasteiger charge is 2.13. The predicted molar refractivity (Wildman–Crippen MR) is 113 cm³/mol. The molecule has 0 atom stereocenters. The topological polar surface area (TPSA) is 154 Å². The third kappa shape index (κ3) is 5.61. The lowest BCUT2D eigenvalue weighted by molar-refractivity contribution is 0.0952. The third-order valence-electron chi connectivity index (χ3n) is 4.28. The van der Waals surface area contributed by atoms with Crippen molar-refractivity contribution < 1.29 is 9.59 Å². The summed E-state index contributed by atoms with van der Waals surface area (Å²) in [7, 11) is 0. The monoisotopic (exact) mass is 408 g/mol. The third-order valence-corrected chi connectivity index (χ3v) is 4.28. The molecule has 0 aliphatic heterocycles. The van der Waals surface area contributed by atoms with Crippen LogP contribution in [0.5, 0.6) is 0 Å². The van der Waals surface area contributed by atoms with E-state index >= 15 is 0 Å². The number of carbonyl (C=O) groups is 2. The number of rotatable bonds is 9. The Kier molecular flexibility index (Phi) is 7.06. The number of benzene rings is 1. The lowest BCUT2D eigenvalue weighted by Gasteiger charge is -2.07. The number of hydrogen-bond acceptors (Lipinski definition) is 7. The number of hydrogen-bond donors (Lipinski definition) is 4. The van der Waals surface area contributed by atoms with E-state index in [-0.39, 0.29) is 17.4 Å². The summed E-state index contributed by atoms with van der Waals surface area (Å²) >= 11 is 0. The first-order valence-electron chi connectivity index (χ1n) is 9.54. The second-order valence-electron chi connectivity index (χ2n) is 6.62. The summed E-state index contributed by atoms with van der Waals surface area (Å²) in [5.74, 6) is -0.530. The van der Waals surface area contributed by atoms with Gasteiger partial charge in [0.2, 0.25) is 0 Å². The Hall–Kier alpha value is -3.79. The molecule has 0 unspecified atom stereocenters. The second kappa shape index (κ2) is 10.1. The average Bonchev–Trinajstić information content (AvgIpc) is 3.18. The Morgan fingerprint density at radius 2 is 1.93 bits per heavy atom. The highest BCUT2D eigenvalue weighted by molar-refractivity contribution is 6.05. The summed E-state index contributed by atoms with van der Waals surface area (Å²) in [6.45, 7) is 1.65. The van der Waals surface area contributed by atoms with Crippen molar-refractivity contribution in [3.8, 4) is 0 Å². The summed E-state index contributed by atoms with van der Waals surface area (Å²) in [5.41, 5.74) is 13.2. The number of anilines is 2. The average molecular weight is 408 g/mol. The van der Waals surface area contributed by atoms with Gasteiger partial charge in [-0.25, -0.2) is 9.97 Å². The summed E-state index contributed by atoms with van der Waals surface area (Å²) in [6, 6.07) is 7.32. The molecule has 0 aliphatic carbocycles. The first-order chi connectivity index (χ1) is 14.6. The normalized spacial score (nSPS) is 10.6. The molecule has 6 N–H and O–H groups in total. The van der Waals surface area contributed by atoms with Crippen LogP contribution in [0.15, 0.2) is 49.1 Å². The van der Waals surface area contributed by atoms with Gasteiger partial charge in [-0.05, 0) is 37.1 Å². The van der Waals surface area contributed by atoms with E-state index in [0.717, 1.165) is 18.4 Å². The number of amides is 2. The molecule has 2 heterocycles. The van der Waals surface area contributed by atoms with Gasteiger partial charge in [-0.2, -0.15) is 5.10 Å². The Balaban J connectivity index is 1.60. The molecule has 0 saturated heterocycles. The van der Waals surface area contributed by atoms with E-state index in [2.05, 4.69) is 25.7 Å². The lowest BCUT2D eigenvalue weighted by atomic mass is 10.1. The second-order valence-corrected chi connectivity index (χ2v) is 6.62. The van der Waals surface area contributed by atoms with Gasteiger partial charge < -0.3 is 22.1 Å². The largest absolute Gasteiger partial charge is 0.382 e. The van der Waals surface area contributed by atoms with Crippen LogP contribution in [-0.4, -0.2) is 44.7 Å². The van der Waals surface area contributed by atoms with Gasteiger partial charge in [-0.3, -0.25) is 14.3 Å². The van der Waals surface area contributed by atoms with Crippen LogP contribution in [0.2, 0.25) is 0 Å². The molecule has 1 aromatic carbocycles. The van der Waals surface area contributed by atoms with Crippen LogP contribution in [0.1, 0.15) is 39.3 Å². The summed E-state index contributed by atoms with van der Waals surface area (Å²) in [4.78, 5) is 32.3. The molecular weight excluding hydrogens is 384 g/mol. The van der Waals surface area contributed by atoms with Crippen molar-refractivity contribution >= 4 is 23.3 Å². The number of carbonyl (C=O) groups excluding carboxylic acids is 2. The number of unbranched alkanes of at least 4 members (excludes halogenated alkanes) is 1. The van der Waals surface area contributed by atoms with Crippen LogP contribution < -0.4 is 22.1 Å². The molecule has 3 rings (SSSR count). The minimum absolute atomic E-state index is 0.0513. The maximum absolute atomic E-state index is 12.3. The van der Waals surface area contributed by atoms with Gasteiger partial charge in [-0.15, -0.1) is 0 Å². The number of nitrogens with two attached hydrogens (primary N) is 2. The van der Waals surface area contributed by atoms with E-state index in [1.54, 1.807) is 16.9 Å². The van der Waals surface area contributed by atoms with Crippen LogP contribution in [0, 0.1) is 0 Å². The van der Waals surface area contributed by atoms with Crippen LogP contribution in [0.4, 0.5) is 11.5 Å². The lowest BCUT2D eigenvalue weighted by Crippen LogP contribution is -2.25. The Bertz CT molecular complexity index is 1020. The van der Waals surface area contributed by atoms with E-state index < -0.39 is 5.91 Å². The van der Waals surface area contributed by atoms with Crippen molar-refractivity contribution in [3.63, 3.8) is 0 Å². The van der Waals surface area contributed by atoms with Crippen molar-refractivity contribution in [2.75, 3.05) is 24.1 Å². The van der Waals surface area contributed by atoms with Gasteiger partial charge >= 0.3 is 0 Å². The van der Waals surface area contributed by atoms with Crippen LogP contribution in [0.25, 0.3) is 0 Å². The van der Waals surface area contributed by atoms with Gasteiger partial charge in [0.1, 0.15) is 0 Å². The van der Waals surface area contributed by atoms with Crippen molar-refractivity contribution in [1.29, 1.82) is 0 Å². The molecule has 0 radical (unpaired) electrons. The summed E-state index contributed by atoms with van der Waals surface area (Å²) in [6.07, 6.45) is 7.75. The Morgan fingerprint density at radius 1 is 1.10 bits per heavy atom.